The molecule has 0 spiro atoms. The number of rotatable bonds is 9. The van der Waals surface area contributed by atoms with E-state index >= 15 is 0 Å². The van der Waals surface area contributed by atoms with E-state index in [9.17, 15) is 0 Å². The molecule has 0 aromatic rings. The standard InChI is InChI=1S/C7H16O6/c1-4-8-11-7(12-9-5-2)13-10-6-3/h7H,4-6H2,1-3H3. The lowest BCUT2D eigenvalue weighted by molar-refractivity contribution is -0.575. The molecule has 0 rings (SSSR count). The maximum Gasteiger partial charge on any atom is 0.355 e. The topological polar surface area (TPSA) is 55.4 Å². The predicted molar refractivity (Wildman–Crippen MR) is 41.9 cm³/mol. The van der Waals surface area contributed by atoms with Gasteiger partial charge in [-0.15, -0.1) is 0 Å². The van der Waals surface area contributed by atoms with Crippen molar-refractivity contribution in [3.8, 4) is 0 Å². The minimum atomic E-state index is -1.13. The second kappa shape index (κ2) is 9.85. The van der Waals surface area contributed by atoms with Crippen LogP contribution in [-0.2, 0) is 29.3 Å². The van der Waals surface area contributed by atoms with Gasteiger partial charge in [0.2, 0.25) is 0 Å². The van der Waals surface area contributed by atoms with Gasteiger partial charge in [-0.2, -0.15) is 14.7 Å². The van der Waals surface area contributed by atoms with Crippen molar-refractivity contribution in [1.29, 1.82) is 0 Å². The van der Waals surface area contributed by atoms with Crippen molar-refractivity contribution in [2.24, 2.45) is 0 Å². The largest absolute Gasteiger partial charge is 0.355 e. The molecular weight excluding hydrogens is 180 g/mol. The van der Waals surface area contributed by atoms with E-state index in [4.69, 9.17) is 0 Å². The minimum absolute atomic E-state index is 0.376. The molecule has 0 atom stereocenters. The normalized spacial score (nSPS) is 11.1. The van der Waals surface area contributed by atoms with E-state index in [1.165, 1.54) is 0 Å². The van der Waals surface area contributed by atoms with E-state index in [-0.39, 0.29) is 0 Å². The summed E-state index contributed by atoms with van der Waals surface area (Å²) in [7, 11) is 0. The first-order valence-electron chi connectivity index (χ1n) is 4.19. The second-order valence-corrected chi connectivity index (χ2v) is 1.80. The summed E-state index contributed by atoms with van der Waals surface area (Å²) >= 11 is 0. The summed E-state index contributed by atoms with van der Waals surface area (Å²) in [5, 5.41) is 0. The second-order valence-electron chi connectivity index (χ2n) is 1.80. The van der Waals surface area contributed by atoms with Crippen LogP contribution in [0.3, 0.4) is 0 Å². The van der Waals surface area contributed by atoms with E-state index in [2.05, 4.69) is 29.3 Å². The summed E-state index contributed by atoms with van der Waals surface area (Å²) in [6, 6.07) is 0. The molecule has 0 aromatic carbocycles. The van der Waals surface area contributed by atoms with Gasteiger partial charge < -0.3 is 0 Å². The summed E-state index contributed by atoms with van der Waals surface area (Å²) in [4.78, 5) is 27.5. The van der Waals surface area contributed by atoms with Crippen LogP contribution in [0.4, 0.5) is 0 Å². The van der Waals surface area contributed by atoms with Crippen LogP contribution in [0, 0.1) is 0 Å². The van der Waals surface area contributed by atoms with Gasteiger partial charge in [-0.25, -0.2) is 14.7 Å². The molecule has 0 unspecified atom stereocenters. The van der Waals surface area contributed by atoms with E-state index in [0.717, 1.165) is 0 Å². The lowest BCUT2D eigenvalue weighted by Gasteiger charge is -2.13. The molecule has 6 heteroatoms. The van der Waals surface area contributed by atoms with E-state index in [1.54, 1.807) is 20.8 Å². The zero-order chi connectivity index (χ0) is 9.94. The molecule has 0 N–H and O–H groups in total. The monoisotopic (exact) mass is 196 g/mol. The zero-order valence-corrected chi connectivity index (χ0v) is 8.15. The first-order valence-corrected chi connectivity index (χ1v) is 4.19. The molecule has 80 valence electrons. The van der Waals surface area contributed by atoms with Crippen molar-refractivity contribution in [2.75, 3.05) is 19.8 Å². The fourth-order valence-corrected chi connectivity index (χ4v) is 0.419. The van der Waals surface area contributed by atoms with Crippen molar-refractivity contribution in [3.05, 3.63) is 0 Å². The molecule has 0 radical (unpaired) electrons. The zero-order valence-electron chi connectivity index (χ0n) is 8.15. The summed E-state index contributed by atoms with van der Waals surface area (Å²) in [5.74, 6) is 0. The Balaban J connectivity index is 3.47. The van der Waals surface area contributed by atoms with Gasteiger partial charge in [-0.1, -0.05) is 0 Å². The molecule has 6 nitrogen and oxygen atoms in total. The van der Waals surface area contributed by atoms with Gasteiger partial charge in [0.15, 0.2) is 0 Å². The maximum absolute atomic E-state index is 4.60. The Morgan fingerprint density at radius 3 is 1.23 bits per heavy atom. The summed E-state index contributed by atoms with van der Waals surface area (Å²) in [6.45, 7) is 5.29. The van der Waals surface area contributed by atoms with E-state index in [1.807, 2.05) is 0 Å². The SMILES string of the molecule is CCOOC(OOCC)OOCC. The van der Waals surface area contributed by atoms with Gasteiger partial charge in [-0.05, 0) is 20.8 Å². The Bertz CT molecular complexity index is 80.0. The third kappa shape index (κ3) is 8.10. The van der Waals surface area contributed by atoms with Crippen LogP contribution in [0.5, 0.6) is 0 Å². The van der Waals surface area contributed by atoms with Gasteiger partial charge in [0.05, 0.1) is 19.8 Å². The highest BCUT2D eigenvalue weighted by Gasteiger charge is 2.12. The molecule has 13 heavy (non-hydrogen) atoms. The van der Waals surface area contributed by atoms with Crippen LogP contribution in [0.15, 0.2) is 0 Å². The first-order chi connectivity index (χ1) is 6.35. The summed E-state index contributed by atoms with van der Waals surface area (Å²) < 4.78 is 0. The van der Waals surface area contributed by atoms with Crippen molar-refractivity contribution in [2.45, 2.75) is 27.2 Å². The Hall–Kier alpha value is -0.240. The lowest BCUT2D eigenvalue weighted by atomic mass is 10.9. The third-order valence-corrected chi connectivity index (χ3v) is 0.793. The molecule has 0 bridgehead atoms. The molecule has 0 fully saturated rings. The van der Waals surface area contributed by atoms with Gasteiger partial charge >= 0.3 is 6.48 Å². The van der Waals surface area contributed by atoms with Crippen LogP contribution in [0.25, 0.3) is 0 Å². The van der Waals surface area contributed by atoms with Crippen molar-refractivity contribution < 1.29 is 29.3 Å². The summed E-state index contributed by atoms with van der Waals surface area (Å²) in [5.41, 5.74) is 0. The molecule has 0 aliphatic carbocycles. The van der Waals surface area contributed by atoms with E-state index < -0.39 is 6.48 Å². The van der Waals surface area contributed by atoms with Crippen LogP contribution >= 0.6 is 0 Å². The van der Waals surface area contributed by atoms with Gasteiger partial charge in [-0.3, -0.25) is 0 Å². The van der Waals surface area contributed by atoms with Gasteiger partial charge in [0.1, 0.15) is 0 Å². The highest BCUT2D eigenvalue weighted by molar-refractivity contribution is 4.06. The minimum Gasteiger partial charge on any atom is -0.232 e. The molecule has 0 saturated carbocycles. The van der Waals surface area contributed by atoms with Crippen LogP contribution < -0.4 is 0 Å². The van der Waals surface area contributed by atoms with E-state index in [0.29, 0.717) is 19.8 Å². The Morgan fingerprint density at radius 2 is 1.00 bits per heavy atom. The van der Waals surface area contributed by atoms with Crippen LogP contribution in [0.1, 0.15) is 20.8 Å². The molecule has 0 aromatic heterocycles. The Kier molecular flexibility index (Phi) is 9.66. The number of hydrogen-bond acceptors (Lipinski definition) is 6. The van der Waals surface area contributed by atoms with Crippen molar-refractivity contribution in [3.63, 3.8) is 0 Å². The maximum atomic E-state index is 4.60. The molecular formula is C7H16O6. The average Bonchev–Trinajstić information content (AvgIpc) is 2.17. The highest BCUT2D eigenvalue weighted by Crippen LogP contribution is 2.00. The molecule has 0 aliphatic rings. The molecule has 0 amide bonds. The fourth-order valence-electron chi connectivity index (χ4n) is 0.419. The van der Waals surface area contributed by atoms with Crippen molar-refractivity contribution in [1.82, 2.24) is 0 Å². The van der Waals surface area contributed by atoms with Gasteiger partial charge in [0, 0.05) is 0 Å². The Labute approximate surface area is 77.4 Å². The molecule has 0 aliphatic heterocycles. The van der Waals surface area contributed by atoms with Crippen molar-refractivity contribution >= 4 is 0 Å². The summed E-state index contributed by atoms with van der Waals surface area (Å²) in [6.07, 6.45) is 0. The Morgan fingerprint density at radius 1 is 0.692 bits per heavy atom. The van der Waals surface area contributed by atoms with Gasteiger partial charge in [0.25, 0.3) is 0 Å². The first kappa shape index (κ1) is 12.8. The van der Waals surface area contributed by atoms with Crippen LogP contribution in [0.2, 0.25) is 0 Å². The smallest absolute Gasteiger partial charge is 0.232 e. The third-order valence-electron chi connectivity index (χ3n) is 0.793. The predicted octanol–water partition coefficient (Wildman–Crippen LogP) is 1.17. The lowest BCUT2D eigenvalue weighted by Crippen LogP contribution is -2.22. The quantitative estimate of drug-likeness (QED) is 0.313. The molecule has 0 saturated heterocycles. The fraction of sp³-hybridized carbons (Fsp3) is 1.00. The molecule has 0 heterocycles. The van der Waals surface area contributed by atoms with Crippen LogP contribution in [-0.4, -0.2) is 26.3 Å². The number of hydrogen-bond donors (Lipinski definition) is 0. The highest BCUT2D eigenvalue weighted by atomic mass is 17.4. The average molecular weight is 196 g/mol.